The highest BCUT2D eigenvalue weighted by atomic mass is 32.1. The standard InChI is InChI=1S/C15H20N2OS/c1-9-2-3-19-14(9)15(18)16-13-11-4-10-5-12(13)8-17(6-10)7-11/h2-3,10-13H,4-8H2,1H3,(H,16,18)/t10?,11-,12+,13?. The average molecular weight is 276 g/mol. The Kier molecular flexibility index (Phi) is 2.71. The largest absolute Gasteiger partial charge is 0.348 e. The molecule has 102 valence electrons. The van der Waals surface area contributed by atoms with Crippen molar-refractivity contribution in [3.05, 3.63) is 21.9 Å². The van der Waals surface area contributed by atoms with Crippen LogP contribution in [-0.4, -0.2) is 36.5 Å². The van der Waals surface area contributed by atoms with Crippen LogP contribution in [0.5, 0.6) is 0 Å². The zero-order valence-electron chi connectivity index (χ0n) is 11.3. The molecule has 0 spiro atoms. The lowest BCUT2D eigenvalue weighted by Crippen LogP contribution is -2.64. The minimum atomic E-state index is 0.153. The summed E-state index contributed by atoms with van der Waals surface area (Å²) in [7, 11) is 0. The maximum atomic E-state index is 12.4. The summed E-state index contributed by atoms with van der Waals surface area (Å²) in [5.74, 6) is 2.43. The SMILES string of the molecule is Cc1ccsc1C(=O)NC1[C@@H]2CC3C[C@H]1CN(C3)C2. The van der Waals surface area contributed by atoms with Crippen LogP contribution in [0.1, 0.15) is 28.1 Å². The maximum absolute atomic E-state index is 12.4. The minimum Gasteiger partial charge on any atom is -0.348 e. The van der Waals surface area contributed by atoms with Gasteiger partial charge in [-0.2, -0.15) is 0 Å². The predicted octanol–water partition coefficient (Wildman–Crippen LogP) is 2.13. The van der Waals surface area contributed by atoms with E-state index in [0.29, 0.717) is 17.9 Å². The third kappa shape index (κ3) is 1.93. The Balaban J connectivity index is 1.51. The average Bonchev–Trinajstić information content (AvgIpc) is 2.79. The van der Waals surface area contributed by atoms with Gasteiger partial charge >= 0.3 is 0 Å². The monoisotopic (exact) mass is 276 g/mol. The van der Waals surface area contributed by atoms with Crippen molar-refractivity contribution < 1.29 is 4.79 Å². The maximum Gasteiger partial charge on any atom is 0.261 e. The summed E-state index contributed by atoms with van der Waals surface area (Å²) in [5, 5.41) is 5.36. The molecule has 4 fully saturated rings. The van der Waals surface area contributed by atoms with Crippen LogP contribution in [0.2, 0.25) is 0 Å². The number of hydrogen-bond donors (Lipinski definition) is 1. The van der Waals surface area contributed by atoms with Crippen molar-refractivity contribution in [2.24, 2.45) is 17.8 Å². The van der Waals surface area contributed by atoms with Crippen LogP contribution >= 0.6 is 11.3 Å². The molecule has 4 bridgehead atoms. The summed E-state index contributed by atoms with van der Waals surface area (Å²) in [4.78, 5) is 15.9. The van der Waals surface area contributed by atoms with Gasteiger partial charge < -0.3 is 10.2 Å². The Labute approximate surface area is 118 Å². The fourth-order valence-electron chi connectivity index (χ4n) is 4.47. The molecule has 5 rings (SSSR count). The molecule has 1 aliphatic carbocycles. The van der Waals surface area contributed by atoms with Gasteiger partial charge in [-0.1, -0.05) is 0 Å². The van der Waals surface area contributed by atoms with E-state index in [1.54, 1.807) is 11.3 Å². The normalized spacial score (nSPS) is 39.5. The van der Waals surface area contributed by atoms with E-state index in [1.807, 2.05) is 18.4 Å². The number of aryl methyl sites for hydroxylation is 1. The van der Waals surface area contributed by atoms with Crippen molar-refractivity contribution in [2.45, 2.75) is 25.8 Å². The molecule has 3 nitrogen and oxygen atoms in total. The van der Waals surface area contributed by atoms with E-state index in [9.17, 15) is 4.79 Å². The Bertz CT molecular complexity index is 482. The third-order valence-corrected chi connectivity index (χ3v) is 6.17. The number of carbonyl (C=O) groups excluding carboxylic acids is 1. The molecule has 19 heavy (non-hydrogen) atoms. The van der Waals surface area contributed by atoms with E-state index in [4.69, 9.17) is 0 Å². The summed E-state index contributed by atoms with van der Waals surface area (Å²) >= 11 is 1.56. The summed E-state index contributed by atoms with van der Waals surface area (Å²) in [6, 6.07) is 2.45. The second kappa shape index (κ2) is 4.32. The molecule has 1 N–H and O–H groups in total. The second-order valence-corrected chi connectivity index (χ2v) is 7.42. The molecule has 3 aliphatic heterocycles. The molecule has 3 unspecified atom stereocenters. The molecule has 1 saturated carbocycles. The molecular weight excluding hydrogens is 256 g/mol. The third-order valence-electron chi connectivity index (χ3n) is 5.16. The lowest BCUT2D eigenvalue weighted by molar-refractivity contribution is -0.0418. The number of carbonyl (C=O) groups is 1. The van der Waals surface area contributed by atoms with Crippen molar-refractivity contribution >= 4 is 17.2 Å². The van der Waals surface area contributed by atoms with Gasteiger partial charge in [-0.25, -0.2) is 0 Å². The summed E-state index contributed by atoms with van der Waals surface area (Å²) < 4.78 is 0. The van der Waals surface area contributed by atoms with Gasteiger partial charge in [-0.3, -0.25) is 4.79 Å². The number of amides is 1. The van der Waals surface area contributed by atoms with Gasteiger partial charge in [0.05, 0.1) is 4.88 Å². The number of thiophene rings is 1. The van der Waals surface area contributed by atoms with Crippen molar-refractivity contribution in [3.8, 4) is 0 Å². The molecule has 1 aromatic rings. The second-order valence-electron chi connectivity index (χ2n) is 6.51. The number of rotatable bonds is 2. The van der Waals surface area contributed by atoms with Crippen LogP contribution in [-0.2, 0) is 0 Å². The smallest absolute Gasteiger partial charge is 0.261 e. The lowest BCUT2D eigenvalue weighted by atomic mass is 9.65. The predicted molar refractivity (Wildman–Crippen MR) is 76.5 cm³/mol. The summed E-state index contributed by atoms with van der Waals surface area (Å²) in [5.41, 5.74) is 1.11. The highest BCUT2D eigenvalue weighted by Gasteiger charge is 2.47. The van der Waals surface area contributed by atoms with Crippen LogP contribution in [0.25, 0.3) is 0 Å². The first-order valence-electron chi connectivity index (χ1n) is 7.28. The number of nitrogens with one attached hydrogen (secondary N) is 1. The van der Waals surface area contributed by atoms with E-state index < -0.39 is 0 Å². The first kappa shape index (κ1) is 11.9. The topological polar surface area (TPSA) is 32.3 Å². The molecule has 1 aromatic heterocycles. The van der Waals surface area contributed by atoms with E-state index in [2.05, 4.69) is 10.2 Å². The molecule has 1 amide bonds. The van der Waals surface area contributed by atoms with E-state index in [0.717, 1.165) is 16.4 Å². The van der Waals surface area contributed by atoms with Crippen LogP contribution in [0, 0.1) is 24.7 Å². The van der Waals surface area contributed by atoms with Crippen molar-refractivity contribution in [2.75, 3.05) is 19.6 Å². The van der Waals surface area contributed by atoms with Gasteiger partial charge in [-0.05, 0) is 54.5 Å². The van der Waals surface area contributed by atoms with Gasteiger partial charge in [0.1, 0.15) is 0 Å². The Morgan fingerprint density at radius 3 is 2.63 bits per heavy atom. The Hall–Kier alpha value is -0.870. The molecule has 4 heterocycles. The number of hydrogen-bond acceptors (Lipinski definition) is 3. The molecule has 5 atom stereocenters. The van der Waals surface area contributed by atoms with Crippen LogP contribution in [0.15, 0.2) is 11.4 Å². The summed E-state index contributed by atoms with van der Waals surface area (Å²) in [6.07, 6.45) is 2.64. The van der Waals surface area contributed by atoms with Crippen LogP contribution in [0.3, 0.4) is 0 Å². The van der Waals surface area contributed by atoms with Gasteiger partial charge in [0, 0.05) is 25.7 Å². The van der Waals surface area contributed by atoms with Gasteiger partial charge in [0.15, 0.2) is 0 Å². The highest BCUT2D eigenvalue weighted by Crippen LogP contribution is 2.43. The fourth-order valence-corrected chi connectivity index (χ4v) is 5.29. The van der Waals surface area contributed by atoms with Crippen molar-refractivity contribution in [1.29, 1.82) is 0 Å². The fraction of sp³-hybridized carbons (Fsp3) is 0.667. The molecule has 0 aromatic carbocycles. The Morgan fingerprint density at radius 2 is 2.05 bits per heavy atom. The lowest BCUT2D eigenvalue weighted by Gasteiger charge is -2.55. The van der Waals surface area contributed by atoms with Gasteiger partial charge in [0.25, 0.3) is 5.91 Å². The molecule has 3 saturated heterocycles. The molecular formula is C15H20N2OS. The molecule has 4 heteroatoms. The first-order chi connectivity index (χ1) is 9.20. The van der Waals surface area contributed by atoms with Gasteiger partial charge in [0.2, 0.25) is 0 Å². The quantitative estimate of drug-likeness (QED) is 0.897. The van der Waals surface area contributed by atoms with Gasteiger partial charge in [-0.15, -0.1) is 11.3 Å². The Morgan fingerprint density at radius 1 is 1.32 bits per heavy atom. The van der Waals surface area contributed by atoms with Crippen LogP contribution < -0.4 is 5.32 Å². The molecule has 0 radical (unpaired) electrons. The van der Waals surface area contributed by atoms with Crippen molar-refractivity contribution in [1.82, 2.24) is 10.2 Å². The van der Waals surface area contributed by atoms with E-state index in [-0.39, 0.29) is 5.91 Å². The number of piperidine rings is 3. The van der Waals surface area contributed by atoms with E-state index in [1.165, 1.54) is 32.5 Å². The number of nitrogens with zero attached hydrogens (tertiary/aromatic N) is 1. The van der Waals surface area contributed by atoms with Crippen molar-refractivity contribution in [3.63, 3.8) is 0 Å². The van der Waals surface area contributed by atoms with Crippen LogP contribution in [0.4, 0.5) is 0 Å². The first-order valence-corrected chi connectivity index (χ1v) is 8.16. The highest BCUT2D eigenvalue weighted by molar-refractivity contribution is 7.12. The van der Waals surface area contributed by atoms with E-state index >= 15 is 0 Å². The zero-order valence-corrected chi connectivity index (χ0v) is 12.1. The summed E-state index contributed by atoms with van der Waals surface area (Å²) in [6.45, 7) is 5.72. The zero-order chi connectivity index (χ0) is 13.0. The minimum absolute atomic E-state index is 0.153. The molecule has 4 aliphatic rings.